The van der Waals surface area contributed by atoms with E-state index in [0.29, 0.717) is 0 Å². The highest BCUT2D eigenvalue weighted by Crippen LogP contribution is 2.52. The van der Waals surface area contributed by atoms with Gasteiger partial charge in [-0.2, -0.15) is 0 Å². The molecule has 0 bridgehead atoms. The number of nitrogens with zero attached hydrogens (tertiary/aromatic N) is 2. The lowest BCUT2D eigenvalue weighted by Gasteiger charge is -2.38. The number of benzene rings is 4. The van der Waals surface area contributed by atoms with Gasteiger partial charge in [0.1, 0.15) is 5.82 Å². The molecule has 0 atom stereocenters. The first-order valence-corrected chi connectivity index (χ1v) is 12.6. The summed E-state index contributed by atoms with van der Waals surface area (Å²) < 4.78 is 0. The molecule has 0 unspecified atom stereocenters. The highest BCUT2D eigenvalue weighted by atomic mass is 15.2. The first kappa shape index (κ1) is 18.2. The van der Waals surface area contributed by atoms with Crippen molar-refractivity contribution in [2.45, 2.75) is 25.7 Å². The summed E-state index contributed by atoms with van der Waals surface area (Å²) in [5, 5.41) is 0. The molecule has 0 saturated carbocycles. The minimum atomic E-state index is 0.957. The Labute approximate surface area is 204 Å². The Morgan fingerprint density at radius 1 is 0.486 bits per heavy atom. The van der Waals surface area contributed by atoms with Gasteiger partial charge in [-0.05, 0) is 104 Å². The van der Waals surface area contributed by atoms with Crippen LogP contribution in [-0.2, 0) is 25.7 Å². The Bertz CT molecular complexity index is 1760. The number of anilines is 3. The SMILES string of the molecule is c1ccc2c(c1)Cc1cc3c(cc1-2)Cc1cc2c(cc1-3)N1c3ncccc3Cc3cccc(c31)C2. The van der Waals surface area contributed by atoms with E-state index in [-0.39, 0.29) is 0 Å². The van der Waals surface area contributed by atoms with E-state index in [4.69, 9.17) is 4.98 Å². The van der Waals surface area contributed by atoms with Crippen LogP contribution in [0.1, 0.15) is 44.5 Å². The molecular formula is C33H22N2. The molecule has 5 aromatic rings. The molecule has 0 spiro atoms. The lowest BCUT2D eigenvalue weighted by molar-refractivity contribution is 0.980. The highest BCUT2D eigenvalue weighted by molar-refractivity contribution is 5.92. The van der Waals surface area contributed by atoms with Crippen LogP contribution < -0.4 is 4.90 Å². The van der Waals surface area contributed by atoms with Gasteiger partial charge in [0.05, 0.1) is 11.4 Å². The van der Waals surface area contributed by atoms with Crippen molar-refractivity contribution in [3.63, 3.8) is 0 Å². The van der Waals surface area contributed by atoms with E-state index < -0.39 is 0 Å². The van der Waals surface area contributed by atoms with Crippen LogP contribution in [0.4, 0.5) is 17.2 Å². The van der Waals surface area contributed by atoms with Crippen LogP contribution in [0.15, 0.2) is 85.1 Å². The maximum atomic E-state index is 4.88. The average Bonchev–Trinajstić information content (AvgIpc) is 3.42. The van der Waals surface area contributed by atoms with E-state index in [9.17, 15) is 0 Å². The van der Waals surface area contributed by atoms with Gasteiger partial charge >= 0.3 is 0 Å². The smallest absolute Gasteiger partial charge is 0.141 e. The summed E-state index contributed by atoms with van der Waals surface area (Å²) in [5.74, 6) is 1.09. The molecule has 4 aromatic carbocycles. The molecule has 3 heterocycles. The third-order valence-electron chi connectivity index (χ3n) is 8.50. The fraction of sp³-hybridized carbons (Fsp3) is 0.121. The van der Waals surface area contributed by atoms with Gasteiger partial charge in [0.15, 0.2) is 0 Å². The summed E-state index contributed by atoms with van der Waals surface area (Å²) in [5.41, 5.74) is 19.7. The quantitative estimate of drug-likeness (QED) is 0.240. The molecule has 164 valence electrons. The van der Waals surface area contributed by atoms with E-state index in [1.165, 1.54) is 78.1 Å². The molecule has 1 aromatic heterocycles. The van der Waals surface area contributed by atoms with E-state index in [0.717, 1.165) is 31.5 Å². The monoisotopic (exact) mass is 446 g/mol. The number of fused-ring (bicyclic) bond motifs is 10. The summed E-state index contributed by atoms with van der Waals surface area (Å²) in [4.78, 5) is 7.33. The summed E-state index contributed by atoms with van der Waals surface area (Å²) in [6.45, 7) is 0. The summed E-state index contributed by atoms with van der Waals surface area (Å²) in [7, 11) is 0. The summed E-state index contributed by atoms with van der Waals surface area (Å²) >= 11 is 0. The van der Waals surface area contributed by atoms with Gasteiger partial charge in [-0.1, -0.05) is 54.6 Å². The van der Waals surface area contributed by atoms with Crippen molar-refractivity contribution in [1.29, 1.82) is 0 Å². The maximum absolute atomic E-state index is 4.88. The van der Waals surface area contributed by atoms with Crippen molar-refractivity contribution in [3.05, 3.63) is 130 Å². The standard InChI is InChI=1S/C33H22N2/c1-2-9-27-19(5-1)11-24-17-29-25(16-28(24)27)14-23-15-26-13-21-7-3-6-20-12-22-8-4-10-34-33(22)35(32(20)21)31(26)18-30(23)29/h1-10,15-18H,11-14H2. The number of para-hydroxylation sites is 1. The van der Waals surface area contributed by atoms with Gasteiger partial charge in [-0.3, -0.25) is 4.90 Å². The van der Waals surface area contributed by atoms with Gasteiger partial charge in [0.2, 0.25) is 0 Å². The molecule has 0 radical (unpaired) electrons. The number of rotatable bonds is 0. The zero-order valence-corrected chi connectivity index (χ0v) is 19.3. The molecule has 0 fully saturated rings. The highest BCUT2D eigenvalue weighted by Gasteiger charge is 2.34. The van der Waals surface area contributed by atoms with Gasteiger partial charge in [-0.25, -0.2) is 4.98 Å². The Kier molecular flexibility index (Phi) is 3.27. The summed E-state index contributed by atoms with van der Waals surface area (Å²) in [6, 6.07) is 29.9. The Hall–Kier alpha value is -4.17. The lowest BCUT2D eigenvalue weighted by Crippen LogP contribution is -2.25. The first-order chi connectivity index (χ1) is 17.3. The molecule has 2 aliphatic heterocycles. The van der Waals surface area contributed by atoms with Crippen molar-refractivity contribution < 1.29 is 0 Å². The van der Waals surface area contributed by atoms with Gasteiger partial charge in [0.25, 0.3) is 0 Å². The fourth-order valence-electron chi connectivity index (χ4n) is 7.00. The molecular weight excluding hydrogens is 424 g/mol. The molecule has 0 N–H and O–H groups in total. The topological polar surface area (TPSA) is 16.1 Å². The first-order valence-electron chi connectivity index (χ1n) is 12.6. The van der Waals surface area contributed by atoms with Crippen molar-refractivity contribution >= 4 is 17.2 Å². The minimum Gasteiger partial charge on any atom is -0.294 e. The Morgan fingerprint density at radius 3 is 2.00 bits per heavy atom. The second-order valence-corrected chi connectivity index (χ2v) is 10.4. The number of hydrogen-bond donors (Lipinski definition) is 0. The van der Waals surface area contributed by atoms with E-state index in [1.54, 1.807) is 0 Å². The lowest BCUT2D eigenvalue weighted by atomic mass is 9.86. The van der Waals surface area contributed by atoms with Crippen LogP contribution in [0, 0.1) is 0 Å². The van der Waals surface area contributed by atoms with Crippen LogP contribution in [-0.4, -0.2) is 4.98 Å². The minimum absolute atomic E-state index is 0.957. The zero-order chi connectivity index (χ0) is 22.7. The van der Waals surface area contributed by atoms with Crippen LogP contribution in [0.5, 0.6) is 0 Å². The van der Waals surface area contributed by atoms with Gasteiger partial charge in [0, 0.05) is 19.0 Å². The Morgan fingerprint density at radius 2 is 1.11 bits per heavy atom. The largest absolute Gasteiger partial charge is 0.294 e. The van der Waals surface area contributed by atoms with E-state index in [1.807, 2.05) is 6.20 Å². The third-order valence-corrected chi connectivity index (χ3v) is 8.50. The fourth-order valence-corrected chi connectivity index (χ4v) is 7.00. The number of hydrogen-bond acceptors (Lipinski definition) is 2. The predicted octanol–water partition coefficient (Wildman–Crippen LogP) is 7.50. The number of aromatic nitrogens is 1. The molecule has 2 nitrogen and oxygen atoms in total. The van der Waals surface area contributed by atoms with Crippen molar-refractivity contribution in [1.82, 2.24) is 4.98 Å². The molecule has 4 aliphatic rings. The third kappa shape index (κ3) is 2.32. The average molecular weight is 447 g/mol. The molecule has 35 heavy (non-hydrogen) atoms. The van der Waals surface area contributed by atoms with E-state index >= 15 is 0 Å². The van der Waals surface area contributed by atoms with Crippen molar-refractivity contribution in [2.75, 3.05) is 4.90 Å². The Balaban J connectivity index is 1.25. The second-order valence-electron chi connectivity index (χ2n) is 10.4. The van der Waals surface area contributed by atoms with Crippen molar-refractivity contribution in [3.8, 4) is 22.3 Å². The van der Waals surface area contributed by atoms with Gasteiger partial charge in [-0.15, -0.1) is 0 Å². The predicted molar refractivity (Wildman–Crippen MR) is 141 cm³/mol. The molecule has 2 aliphatic carbocycles. The molecule has 2 heteroatoms. The second kappa shape index (κ2) is 6.28. The maximum Gasteiger partial charge on any atom is 0.141 e. The van der Waals surface area contributed by atoms with Crippen molar-refractivity contribution in [2.24, 2.45) is 0 Å². The zero-order valence-electron chi connectivity index (χ0n) is 19.3. The van der Waals surface area contributed by atoms with Crippen LogP contribution >= 0.6 is 0 Å². The van der Waals surface area contributed by atoms with Crippen LogP contribution in [0.2, 0.25) is 0 Å². The van der Waals surface area contributed by atoms with Gasteiger partial charge < -0.3 is 0 Å². The van der Waals surface area contributed by atoms with Crippen LogP contribution in [0.25, 0.3) is 22.3 Å². The van der Waals surface area contributed by atoms with Crippen LogP contribution in [0.3, 0.4) is 0 Å². The number of pyridine rings is 1. The molecule has 9 rings (SSSR count). The molecule has 0 amide bonds. The van der Waals surface area contributed by atoms with E-state index in [2.05, 4.69) is 83.8 Å². The normalized spacial score (nSPS) is 14.9. The summed E-state index contributed by atoms with van der Waals surface area (Å²) in [6.07, 6.45) is 5.95. The molecule has 0 saturated heterocycles.